The van der Waals surface area contributed by atoms with E-state index < -0.39 is 0 Å². The molecule has 6 nitrogen and oxygen atoms in total. The molecule has 1 aliphatic carbocycles. The molecule has 6 heteroatoms. The van der Waals surface area contributed by atoms with Crippen LogP contribution in [0.4, 0.5) is 5.95 Å². The van der Waals surface area contributed by atoms with Crippen LogP contribution in [0.5, 0.6) is 0 Å². The molecule has 0 N–H and O–H groups in total. The van der Waals surface area contributed by atoms with Crippen LogP contribution in [0.3, 0.4) is 0 Å². The van der Waals surface area contributed by atoms with Gasteiger partial charge >= 0.3 is 5.97 Å². The monoisotopic (exact) mass is 319 g/mol. The van der Waals surface area contributed by atoms with Gasteiger partial charge < -0.3 is 14.4 Å². The van der Waals surface area contributed by atoms with Gasteiger partial charge in [-0.3, -0.25) is 0 Å². The maximum absolute atomic E-state index is 12.3. The quantitative estimate of drug-likeness (QED) is 0.795. The number of esters is 1. The second-order valence-electron chi connectivity index (χ2n) is 6.12. The Morgan fingerprint density at radius 3 is 2.74 bits per heavy atom. The first-order valence-electron chi connectivity index (χ1n) is 8.66. The molecule has 0 aromatic carbocycles. The summed E-state index contributed by atoms with van der Waals surface area (Å²) in [6.45, 7) is 5.17. The predicted molar refractivity (Wildman–Crippen MR) is 86.8 cm³/mol. The molecule has 0 atom stereocenters. The molecule has 0 spiro atoms. The van der Waals surface area contributed by atoms with Gasteiger partial charge in [-0.2, -0.15) is 0 Å². The lowest BCUT2D eigenvalue weighted by Gasteiger charge is -2.28. The Morgan fingerprint density at radius 1 is 1.30 bits per heavy atom. The number of ether oxygens (including phenoxy) is 2. The Hall–Kier alpha value is -1.69. The normalized spacial score (nSPS) is 19.6. The lowest BCUT2D eigenvalue weighted by Crippen LogP contribution is -2.37. The second kappa shape index (κ2) is 7.73. The zero-order valence-electron chi connectivity index (χ0n) is 13.8. The van der Waals surface area contributed by atoms with Gasteiger partial charge in [0.2, 0.25) is 5.95 Å². The van der Waals surface area contributed by atoms with Crippen molar-refractivity contribution in [2.24, 2.45) is 0 Å². The highest BCUT2D eigenvalue weighted by Crippen LogP contribution is 2.34. The van der Waals surface area contributed by atoms with Crippen LogP contribution in [0.25, 0.3) is 0 Å². The summed E-state index contributed by atoms with van der Waals surface area (Å²) in [5, 5.41) is 0. The average Bonchev–Trinajstić information content (AvgIpc) is 2.63. The topological polar surface area (TPSA) is 64.5 Å². The van der Waals surface area contributed by atoms with Gasteiger partial charge in [-0.15, -0.1) is 0 Å². The molecule has 2 heterocycles. The van der Waals surface area contributed by atoms with Crippen LogP contribution >= 0.6 is 0 Å². The minimum atomic E-state index is -0.304. The maximum Gasteiger partial charge on any atom is 0.341 e. The molecule has 126 valence electrons. The Morgan fingerprint density at radius 2 is 2.04 bits per heavy atom. The van der Waals surface area contributed by atoms with Crippen LogP contribution in [0.1, 0.15) is 61.0 Å². The van der Waals surface area contributed by atoms with Gasteiger partial charge in [0.1, 0.15) is 0 Å². The van der Waals surface area contributed by atoms with Crippen molar-refractivity contribution >= 4 is 11.9 Å². The molecule has 0 bridgehead atoms. The third-order valence-corrected chi connectivity index (χ3v) is 4.59. The number of aromatic nitrogens is 2. The first kappa shape index (κ1) is 16.2. The van der Waals surface area contributed by atoms with Crippen LogP contribution in [0.2, 0.25) is 0 Å². The third kappa shape index (κ3) is 3.80. The van der Waals surface area contributed by atoms with Crippen LogP contribution in [-0.4, -0.2) is 48.8 Å². The van der Waals surface area contributed by atoms with Crippen LogP contribution in [0, 0.1) is 0 Å². The lowest BCUT2D eigenvalue weighted by atomic mass is 9.85. The van der Waals surface area contributed by atoms with Crippen molar-refractivity contribution in [3.8, 4) is 0 Å². The van der Waals surface area contributed by atoms with E-state index in [1.165, 1.54) is 19.3 Å². The Kier molecular flexibility index (Phi) is 5.43. The molecular formula is C17H25N3O3. The zero-order chi connectivity index (χ0) is 16.1. The number of rotatable bonds is 4. The van der Waals surface area contributed by atoms with E-state index in [0.29, 0.717) is 37.3 Å². The molecule has 0 radical (unpaired) electrons. The fourth-order valence-electron chi connectivity index (χ4n) is 3.35. The van der Waals surface area contributed by atoms with E-state index in [4.69, 9.17) is 14.5 Å². The van der Waals surface area contributed by atoms with Gasteiger partial charge in [0, 0.05) is 25.2 Å². The SMILES string of the molecule is CCOC(=O)c1cnc(N2CCOCC2)nc1C1CCCCC1. The molecule has 3 rings (SSSR count). The highest BCUT2D eigenvalue weighted by molar-refractivity contribution is 5.90. The number of morpholine rings is 1. The molecule has 1 saturated heterocycles. The predicted octanol–water partition coefficient (Wildman–Crippen LogP) is 2.54. The summed E-state index contributed by atoms with van der Waals surface area (Å²) in [6.07, 6.45) is 7.50. The minimum Gasteiger partial charge on any atom is -0.462 e. The van der Waals surface area contributed by atoms with Crippen molar-refractivity contribution in [2.45, 2.75) is 44.9 Å². The van der Waals surface area contributed by atoms with Crippen LogP contribution < -0.4 is 4.90 Å². The van der Waals surface area contributed by atoms with Gasteiger partial charge in [-0.1, -0.05) is 19.3 Å². The largest absolute Gasteiger partial charge is 0.462 e. The number of hydrogen-bond acceptors (Lipinski definition) is 6. The molecule has 1 saturated carbocycles. The van der Waals surface area contributed by atoms with Crippen molar-refractivity contribution in [1.82, 2.24) is 9.97 Å². The maximum atomic E-state index is 12.3. The molecule has 1 aromatic heterocycles. The van der Waals surface area contributed by atoms with Crippen molar-refractivity contribution in [2.75, 3.05) is 37.8 Å². The lowest BCUT2D eigenvalue weighted by molar-refractivity contribution is 0.0522. The first-order chi connectivity index (χ1) is 11.3. The number of carbonyl (C=O) groups excluding carboxylic acids is 1. The highest BCUT2D eigenvalue weighted by atomic mass is 16.5. The van der Waals surface area contributed by atoms with Crippen molar-refractivity contribution in [1.29, 1.82) is 0 Å². The molecule has 23 heavy (non-hydrogen) atoms. The molecule has 0 amide bonds. The van der Waals surface area contributed by atoms with E-state index >= 15 is 0 Å². The average molecular weight is 319 g/mol. The van der Waals surface area contributed by atoms with E-state index in [1.807, 2.05) is 6.92 Å². The van der Waals surface area contributed by atoms with E-state index in [0.717, 1.165) is 31.6 Å². The number of anilines is 1. The summed E-state index contributed by atoms with van der Waals surface area (Å²) < 4.78 is 10.6. The molecule has 1 aliphatic heterocycles. The summed E-state index contributed by atoms with van der Waals surface area (Å²) >= 11 is 0. The minimum absolute atomic E-state index is 0.304. The highest BCUT2D eigenvalue weighted by Gasteiger charge is 2.26. The molecule has 0 unspecified atom stereocenters. The Balaban J connectivity index is 1.90. The summed E-state index contributed by atoms with van der Waals surface area (Å²) in [6, 6.07) is 0. The second-order valence-corrected chi connectivity index (χ2v) is 6.12. The summed E-state index contributed by atoms with van der Waals surface area (Å²) in [5.74, 6) is 0.745. The number of hydrogen-bond donors (Lipinski definition) is 0. The van der Waals surface area contributed by atoms with Gasteiger partial charge in [0.15, 0.2) is 0 Å². The molecule has 1 aromatic rings. The van der Waals surface area contributed by atoms with Crippen molar-refractivity contribution in [3.05, 3.63) is 17.5 Å². The molecular weight excluding hydrogens is 294 g/mol. The fraction of sp³-hybridized carbons (Fsp3) is 0.706. The molecule has 2 aliphatic rings. The number of carbonyl (C=O) groups is 1. The van der Waals surface area contributed by atoms with E-state index in [2.05, 4.69) is 9.88 Å². The van der Waals surface area contributed by atoms with E-state index in [1.54, 1.807) is 6.20 Å². The van der Waals surface area contributed by atoms with Gasteiger partial charge in [-0.05, 0) is 19.8 Å². The van der Waals surface area contributed by atoms with Crippen molar-refractivity contribution < 1.29 is 14.3 Å². The summed E-state index contributed by atoms with van der Waals surface area (Å²) in [7, 11) is 0. The smallest absolute Gasteiger partial charge is 0.341 e. The molecule has 2 fully saturated rings. The van der Waals surface area contributed by atoms with Gasteiger partial charge in [-0.25, -0.2) is 14.8 Å². The van der Waals surface area contributed by atoms with Crippen molar-refractivity contribution in [3.63, 3.8) is 0 Å². The third-order valence-electron chi connectivity index (χ3n) is 4.59. The van der Waals surface area contributed by atoms with Gasteiger partial charge in [0.25, 0.3) is 0 Å². The summed E-state index contributed by atoms with van der Waals surface area (Å²) in [4.78, 5) is 23.6. The van der Waals surface area contributed by atoms with Crippen LogP contribution in [-0.2, 0) is 9.47 Å². The van der Waals surface area contributed by atoms with Gasteiger partial charge in [0.05, 0.1) is 31.1 Å². The number of nitrogens with zero attached hydrogens (tertiary/aromatic N) is 3. The fourth-order valence-corrected chi connectivity index (χ4v) is 3.35. The zero-order valence-corrected chi connectivity index (χ0v) is 13.8. The van der Waals surface area contributed by atoms with Crippen LogP contribution in [0.15, 0.2) is 6.20 Å². The van der Waals surface area contributed by atoms with E-state index in [9.17, 15) is 4.79 Å². The standard InChI is InChI=1S/C17H25N3O3/c1-2-23-16(21)14-12-18-17(20-8-10-22-11-9-20)19-15(14)13-6-4-3-5-7-13/h12-13H,2-11H2,1H3. The first-order valence-corrected chi connectivity index (χ1v) is 8.66. The van der Waals surface area contributed by atoms with E-state index in [-0.39, 0.29) is 5.97 Å². The summed E-state index contributed by atoms with van der Waals surface area (Å²) in [5.41, 5.74) is 1.41. The Bertz CT molecular complexity index is 538. The Labute approximate surface area is 137 Å².